The molecule has 0 saturated heterocycles. The van der Waals surface area contributed by atoms with Crippen LogP contribution in [0.1, 0.15) is 38.8 Å². The van der Waals surface area contributed by atoms with E-state index in [2.05, 4.69) is 31.4 Å². The summed E-state index contributed by atoms with van der Waals surface area (Å²) in [5.41, 5.74) is 2.82. The Bertz CT molecular complexity index is 832. The van der Waals surface area contributed by atoms with Gasteiger partial charge in [-0.3, -0.25) is 9.59 Å². The lowest BCUT2D eigenvalue weighted by Gasteiger charge is -2.19. The van der Waals surface area contributed by atoms with Gasteiger partial charge in [0, 0.05) is 11.8 Å². The Morgan fingerprint density at radius 1 is 1.00 bits per heavy atom. The molecule has 0 aliphatic rings. The molecule has 5 nitrogen and oxygen atoms in total. The quantitative estimate of drug-likeness (QED) is 0.740. The van der Waals surface area contributed by atoms with Crippen molar-refractivity contribution in [3.8, 4) is 5.75 Å². The third-order valence-electron chi connectivity index (χ3n) is 4.31. The van der Waals surface area contributed by atoms with Gasteiger partial charge < -0.3 is 15.4 Å². The lowest BCUT2D eigenvalue weighted by atomic mass is 9.87. The van der Waals surface area contributed by atoms with Crippen molar-refractivity contribution < 1.29 is 14.3 Å². The van der Waals surface area contributed by atoms with Crippen LogP contribution in [-0.2, 0) is 15.0 Å². The van der Waals surface area contributed by atoms with Crippen molar-refractivity contribution in [1.29, 1.82) is 0 Å². The van der Waals surface area contributed by atoms with Gasteiger partial charge in [0.1, 0.15) is 11.8 Å². The molecule has 0 radical (unpaired) electrons. The van der Waals surface area contributed by atoms with Crippen molar-refractivity contribution in [2.45, 2.75) is 39.2 Å². The molecule has 2 rings (SSSR count). The van der Waals surface area contributed by atoms with Crippen LogP contribution in [0, 0.1) is 0 Å². The first-order valence-electron chi connectivity index (χ1n) is 9.23. The Morgan fingerprint density at radius 3 is 2.14 bits per heavy atom. The summed E-state index contributed by atoms with van der Waals surface area (Å²) in [4.78, 5) is 24.4. The van der Waals surface area contributed by atoms with Crippen molar-refractivity contribution in [1.82, 2.24) is 5.32 Å². The van der Waals surface area contributed by atoms with Crippen LogP contribution < -0.4 is 15.4 Å². The second-order valence-electron chi connectivity index (χ2n) is 7.65. The van der Waals surface area contributed by atoms with Crippen molar-refractivity contribution >= 4 is 23.6 Å². The molecule has 0 saturated carbocycles. The lowest BCUT2D eigenvalue weighted by Crippen LogP contribution is -2.40. The second kappa shape index (κ2) is 9.22. The van der Waals surface area contributed by atoms with E-state index in [1.54, 1.807) is 20.1 Å². The summed E-state index contributed by atoms with van der Waals surface area (Å²) in [7, 11) is 1.60. The summed E-state index contributed by atoms with van der Waals surface area (Å²) in [6, 6.07) is 14.4. The minimum absolute atomic E-state index is 0.0556. The average molecular weight is 380 g/mol. The molecule has 0 aliphatic heterocycles. The lowest BCUT2D eigenvalue weighted by molar-refractivity contribution is -0.123. The molecule has 0 aliphatic carbocycles. The van der Waals surface area contributed by atoms with Crippen molar-refractivity contribution in [3.05, 3.63) is 65.7 Å². The number of benzene rings is 2. The minimum atomic E-state index is -0.657. The van der Waals surface area contributed by atoms with Gasteiger partial charge in [-0.25, -0.2) is 0 Å². The van der Waals surface area contributed by atoms with Crippen molar-refractivity contribution in [3.63, 3.8) is 0 Å². The van der Waals surface area contributed by atoms with E-state index in [1.165, 1.54) is 11.6 Å². The molecule has 2 N–H and O–H groups in total. The minimum Gasteiger partial charge on any atom is -0.497 e. The highest BCUT2D eigenvalue weighted by Crippen LogP contribution is 2.23. The fraction of sp³-hybridized carbons (Fsp3) is 0.304. The van der Waals surface area contributed by atoms with E-state index in [0.29, 0.717) is 5.69 Å². The zero-order valence-corrected chi connectivity index (χ0v) is 17.1. The van der Waals surface area contributed by atoms with Crippen LogP contribution in [0.2, 0.25) is 0 Å². The summed E-state index contributed by atoms with van der Waals surface area (Å²) >= 11 is 0. The third kappa shape index (κ3) is 6.27. The van der Waals surface area contributed by atoms with Gasteiger partial charge in [-0.1, -0.05) is 45.0 Å². The van der Waals surface area contributed by atoms with Gasteiger partial charge in [0.25, 0.3) is 0 Å². The number of hydrogen-bond acceptors (Lipinski definition) is 3. The van der Waals surface area contributed by atoms with Crippen molar-refractivity contribution in [2.24, 2.45) is 0 Å². The summed E-state index contributed by atoms with van der Waals surface area (Å²) < 4.78 is 5.10. The van der Waals surface area contributed by atoms with Crippen LogP contribution in [0.15, 0.2) is 54.6 Å². The van der Waals surface area contributed by atoms with Gasteiger partial charge >= 0.3 is 0 Å². The average Bonchev–Trinajstić information content (AvgIpc) is 2.66. The largest absolute Gasteiger partial charge is 0.497 e. The zero-order valence-electron chi connectivity index (χ0n) is 17.1. The Morgan fingerprint density at radius 2 is 1.61 bits per heavy atom. The van der Waals surface area contributed by atoms with Crippen LogP contribution in [-0.4, -0.2) is 25.0 Å². The highest BCUT2D eigenvalue weighted by Gasteiger charge is 2.16. The molecular weight excluding hydrogens is 352 g/mol. The first kappa shape index (κ1) is 21.2. The van der Waals surface area contributed by atoms with E-state index >= 15 is 0 Å². The summed E-state index contributed by atoms with van der Waals surface area (Å²) in [6.45, 7) is 8.06. The van der Waals surface area contributed by atoms with Gasteiger partial charge in [-0.05, 0) is 53.8 Å². The molecule has 5 heteroatoms. The number of ether oxygens (including phenoxy) is 1. The molecular formula is C23H28N2O3. The number of anilines is 1. The summed E-state index contributed by atoms with van der Waals surface area (Å²) in [5, 5.41) is 5.49. The molecule has 0 fully saturated rings. The molecule has 2 aromatic carbocycles. The Hall–Kier alpha value is -3.08. The maximum absolute atomic E-state index is 12.3. The number of hydrogen-bond donors (Lipinski definition) is 2. The van der Waals surface area contributed by atoms with E-state index in [0.717, 1.165) is 11.3 Å². The maximum atomic E-state index is 12.3. The van der Waals surface area contributed by atoms with Crippen LogP contribution in [0.3, 0.4) is 0 Å². The van der Waals surface area contributed by atoms with E-state index in [1.807, 2.05) is 48.5 Å². The Kier molecular flexibility index (Phi) is 6.99. The normalized spacial score (nSPS) is 12.5. The Labute approximate surface area is 166 Å². The van der Waals surface area contributed by atoms with Crippen LogP contribution in [0.5, 0.6) is 5.75 Å². The maximum Gasteiger partial charge on any atom is 0.246 e. The second-order valence-corrected chi connectivity index (χ2v) is 7.65. The summed E-state index contributed by atoms with van der Waals surface area (Å²) in [6.07, 6.45) is 3.09. The van der Waals surface area contributed by atoms with E-state index in [-0.39, 0.29) is 17.2 Å². The molecule has 0 heterocycles. The predicted molar refractivity (Wildman–Crippen MR) is 113 cm³/mol. The van der Waals surface area contributed by atoms with Gasteiger partial charge in [0.2, 0.25) is 11.8 Å². The predicted octanol–water partition coefficient (Wildman–Crippen LogP) is 4.15. The van der Waals surface area contributed by atoms with Gasteiger partial charge in [0.15, 0.2) is 0 Å². The van der Waals surface area contributed by atoms with Crippen LogP contribution in [0.25, 0.3) is 6.08 Å². The standard InChI is InChI=1S/C23H28N2O3/c1-16(22(27)25-19-11-9-18(10-12-19)23(2,3)4)24-21(26)15-8-17-6-13-20(28-5)14-7-17/h6-16H,1-5H3,(H,24,26)(H,25,27)/b15-8+. The number of amides is 2. The van der Waals surface area contributed by atoms with Gasteiger partial charge in [-0.15, -0.1) is 0 Å². The zero-order chi connectivity index (χ0) is 20.7. The Balaban J connectivity index is 1.88. The number of carbonyl (C=O) groups excluding carboxylic acids is 2. The monoisotopic (exact) mass is 380 g/mol. The molecule has 28 heavy (non-hydrogen) atoms. The van der Waals surface area contributed by atoms with E-state index < -0.39 is 6.04 Å². The smallest absolute Gasteiger partial charge is 0.246 e. The topological polar surface area (TPSA) is 67.4 Å². The SMILES string of the molecule is COc1ccc(/C=C/C(=O)NC(C)C(=O)Nc2ccc(C(C)(C)C)cc2)cc1. The molecule has 0 bridgehead atoms. The van der Waals surface area contributed by atoms with Gasteiger partial charge in [0.05, 0.1) is 7.11 Å². The number of rotatable bonds is 6. The number of nitrogens with one attached hydrogen (secondary N) is 2. The van der Waals surface area contributed by atoms with Crippen LogP contribution in [0.4, 0.5) is 5.69 Å². The number of methoxy groups -OCH3 is 1. The van der Waals surface area contributed by atoms with Gasteiger partial charge in [-0.2, -0.15) is 0 Å². The third-order valence-corrected chi connectivity index (χ3v) is 4.31. The fourth-order valence-electron chi connectivity index (χ4n) is 2.52. The number of carbonyl (C=O) groups is 2. The fourth-order valence-corrected chi connectivity index (χ4v) is 2.52. The molecule has 2 amide bonds. The first-order valence-corrected chi connectivity index (χ1v) is 9.23. The van der Waals surface area contributed by atoms with E-state index in [9.17, 15) is 9.59 Å². The molecule has 1 atom stereocenters. The van der Waals surface area contributed by atoms with E-state index in [4.69, 9.17) is 4.74 Å². The first-order chi connectivity index (χ1) is 13.2. The molecule has 0 spiro atoms. The molecule has 1 unspecified atom stereocenters. The highest BCUT2D eigenvalue weighted by atomic mass is 16.5. The van der Waals surface area contributed by atoms with Crippen LogP contribution >= 0.6 is 0 Å². The molecule has 148 valence electrons. The highest BCUT2D eigenvalue weighted by molar-refractivity contribution is 5.99. The summed E-state index contributed by atoms with van der Waals surface area (Å²) in [5.74, 6) is 0.152. The molecule has 2 aromatic rings. The van der Waals surface area contributed by atoms with Crippen molar-refractivity contribution in [2.75, 3.05) is 12.4 Å². The molecule has 0 aromatic heterocycles.